The van der Waals surface area contributed by atoms with Crippen molar-refractivity contribution in [3.05, 3.63) is 37.0 Å². The predicted molar refractivity (Wildman–Crippen MR) is 88.9 cm³/mol. The number of ether oxygens (including phenoxy) is 3. The van der Waals surface area contributed by atoms with E-state index in [4.69, 9.17) is 0 Å². The first-order valence-electron chi connectivity index (χ1n) is 7.14. The normalized spacial score (nSPS) is 7.77. The molecule has 0 aromatic rings. The van der Waals surface area contributed by atoms with Crippen molar-refractivity contribution >= 4 is 28.2 Å². The third-order valence-electron chi connectivity index (χ3n) is 1.64. The summed E-state index contributed by atoms with van der Waals surface area (Å²) < 4.78 is 13.3. The van der Waals surface area contributed by atoms with Crippen LogP contribution in [0.2, 0.25) is 6.55 Å². The van der Waals surface area contributed by atoms with E-state index in [1.807, 2.05) is 0 Å². The molecule has 0 aromatic heterocycles. The van der Waals surface area contributed by atoms with Gasteiger partial charge in [0.1, 0.15) is 35.2 Å². The molecule has 0 spiro atoms. The van der Waals surface area contributed by atoms with Gasteiger partial charge in [0.15, 0.2) is 0 Å². The van der Waals surface area contributed by atoms with Crippen molar-refractivity contribution in [2.24, 2.45) is 0 Å². The van der Waals surface area contributed by atoms with Crippen LogP contribution < -0.4 is 15.3 Å². The van der Waals surface area contributed by atoms with Crippen LogP contribution in [-0.2, 0) is 28.6 Å². The van der Waals surface area contributed by atoms with E-state index < -0.39 is 17.9 Å². The van der Waals surface area contributed by atoms with E-state index in [1.54, 1.807) is 27.3 Å². The van der Waals surface area contributed by atoms with E-state index >= 15 is 0 Å². The Bertz CT molecular complexity index is 392. The van der Waals surface area contributed by atoms with E-state index in [0.29, 0.717) is 19.8 Å². The SMILES string of the molecule is C=C(OCC)C(=O)[O-].C=C(OCC)C(=O)[O-].C=C(OCC)C(=O)[O-].C[Si+3]. The van der Waals surface area contributed by atoms with Crippen LogP contribution in [0.3, 0.4) is 0 Å². The number of hydrogen-bond acceptors (Lipinski definition) is 9. The summed E-state index contributed by atoms with van der Waals surface area (Å²) in [5.74, 6) is -5.00. The monoisotopic (exact) mass is 388 g/mol. The summed E-state index contributed by atoms with van der Waals surface area (Å²) in [4.78, 5) is 29.3. The van der Waals surface area contributed by atoms with Crippen molar-refractivity contribution in [2.75, 3.05) is 19.8 Å². The standard InChI is InChI=1S/3C5H8O3.CH3Si/c3*1-3-8-4(2)5(6)7;1-2/h3*2-3H2,1H3,(H,6,7);1H3/q;;;+3/p-3. The van der Waals surface area contributed by atoms with Crippen molar-refractivity contribution in [1.82, 2.24) is 0 Å². The molecule has 0 saturated carbocycles. The molecule has 146 valence electrons. The van der Waals surface area contributed by atoms with Gasteiger partial charge in [-0.3, -0.25) is 0 Å². The van der Waals surface area contributed by atoms with Gasteiger partial charge in [-0.1, -0.05) is 19.7 Å². The first-order valence-corrected chi connectivity index (χ1v) is 8.14. The summed E-state index contributed by atoms with van der Waals surface area (Å²) in [6.07, 6.45) is 0. The summed E-state index contributed by atoms with van der Waals surface area (Å²) in [6.45, 7) is 16.9. The Kier molecular flexibility index (Phi) is 26.6. The molecular weight excluding hydrogens is 364 g/mol. The van der Waals surface area contributed by atoms with Crippen LogP contribution in [0.4, 0.5) is 0 Å². The molecule has 0 radical (unpaired) electrons. The van der Waals surface area contributed by atoms with E-state index in [2.05, 4.69) is 44.2 Å². The minimum atomic E-state index is -1.35. The predicted octanol–water partition coefficient (Wildman–Crippen LogP) is -1.94. The first-order chi connectivity index (χ1) is 12.0. The Morgan fingerprint density at radius 1 is 0.654 bits per heavy atom. The van der Waals surface area contributed by atoms with Crippen LogP contribution in [0, 0.1) is 0 Å². The third kappa shape index (κ3) is 26.2. The van der Waals surface area contributed by atoms with Crippen molar-refractivity contribution in [3.8, 4) is 0 Å². The molecule has 0 heterocycles. The quantitative estimate of drug-likeness (QED) is 0.250. The Morgan fingerprint density at radius 2 is 0.808 bits per heavy atom. The molecule has 0 aliphatic rings. The van der Waals surface area contributed by atoms with Gasteiger partial charge in [0, 0.05) is 0 Å². The molecule has 26 heavy (non-hydrogen) atoms. The molecule has 10 heteroatoms. The fourth-order valence-corrected chi connectivity index (χ4v) is 0.699. The van der Waals surface area contributed by atoms with Gasteiger partial charge in [-0.15, -0.1) is 0 Å². The fourth-order valence-electron chi connectivity index (χ4n) is 0.699. The van der Waals surface area contributed by atoms with Gasteiger partial charge in [0.2, 0.25) is 0 Å². The second-order valence-corrected chi connectivity index (χ2v) is 3.43. The van der Waals surface area contributed by atoms with Crippen LogP contribution in [0.15, 0.2) is 37.0 Å². The topological polar surface area (TPSA) is 148 Å². The van der Waals surface area contributed by atoms with Crippen molar-refractivity contribution in [3.63, 3.8) is 0 Å². The summed E-state index contributed by atoms with van der Waals surface area (Å²) >= 11 is 0. The number of hydrogen-bond donors (Lipinski definition) is 0. The van der Waals surface area contributed by atoms with Gasteiger partial charge < -0.3 is 43.9 Å². The Balaban J connectivity index is -0.000000133. The van der Waals surface area contributed by atoms with Gasteiger partial charge in [-0.2, -0.15) is 0 Å². The van der Waals surface area contributed by atoms with Crippen LogP contribution in [0.1, 0.15) is 20.8 Å². The number of aliphatic carboxylic acids is 3. The van der Waals surface area contributed by atoms with Crippen LogP contribution in [0.25, 0.3) is 0 Å². The molecular formula is C16H24O9Si. The molecule has 0 atom stereocenters. The van der Waals surface area contributed by atoms with Gasteiger partial charge in [0.05, 0.1) is 19.8 Å². The molecule has 0 unspecified atom stereocenters. The van der Waals surface area contributed by atoms with Crippen LogP contribution >= 0.6 is 0 Å². The summed E-state index contributed by atoms with van der Waals surface area (Å²) in [6, 6.07) is 0. The first kappa shape index (κ1) is 31.1. The molecule has 9 nitrogen and oxygen atoms in total. The fraction of sp³-hybridized carbons (Fsp3) is 0.438. The molecule has 0 bridgehead atoms. The zero-order valence-electron chi connectivity index (χ0n) is 15.4. The van der Waals surface area contributed by atoms with Crippen molar-refractivity contribution < 1.29 is 43.9 Å². The zero-order chi connectivity index (χ0) is 21.7. The van der Waals surface area contributed by atoms with Crippen molar-refractivity contribution in [1.29, 1.82) is 0 Å². The Labute approximate surface area is 157 Å². The number of carboxylic acids is 3. The van der Waals surface area contributed by atoms with Crippen molar-refractivity contribution in [2.45, 2.75) is 27.3 Å². The summed E-state index contributed by atoms with van der Waals surface area (Å²) in [5.41, 5.74) is 0. The summed E-state index contributed by atoms with van der Waals surface area (Å²) in [5, 5.41) is 29.3. The molecule has 0 N–H and O–H groups in total. The van der Waals surface area contributed by atoms with Crippen LogP contribution in [-0.4, -0.2) is 48.0 Å². The third-order valence-corrected chi connectivity index (χ3v) is 1.64. The van der Waals surface area contributed by atoms with E-state index in [0.717, 1.165) is 0 Å². The number of carboxylic acid groups (broad SMARTS) is 3. The van der Waals surface area contributed by atoms with E-state index in [9.17, 15) is 29.7 Å². The number of carbonyl (C=O) groups excluding carboxylic acids is 3. The van der Waals surface area contributed by atoms with Gasteiger partial charge in [-0.25, -0.2) is 0 Å². The van der Waals surface area contributed by atoms with E-state index in [-0.39, 0.29) is 17.3 Å². The zero-order valence-corrected chi connectivity index (χ0v) is 16.4. The molecule has 0 rings (SSSR count). The average Bonchev–Trinajstić information content (AvgIpc) is 2.58. The summed E-state index contributed by atoms with van der Waals surface area (Å²) in [7, 11) is 2.97. The molecule has 0 aliphatic carbocycles. The molecule has 0 aromatic carbocycles. The molecule has 0 aliphatic heterocycles. The molecule has 0 saturated heterocycles. The Morgan fingerprint density at radius 3 is 0.846 bits per heavy atom. The maximum atomic E-state index is 9.75. The average molecular weight is 388 g/mol. The Hall–Kier alpha value is -2.75. The van der Waals surface area contributed by atoms with Gasteiger partial charge in [-0.05, 0) is 20.8 Å². The van der Waals surface area contributed by atoms with E-state index in [1.165, 1.54) is 0 Å². The van der Waals surface area contributed by atoms with Gasteiger partial charge in [0.25, 0.3) is 0 Å². The second-order valence-electron chi connectivity index (χ2n) is 3.43. The maximum absolute atomic E-state index is 9.75. The number of rotatable bonds is 9. The molecule has 0 amide bonds. The second kappa shape index (κ2) is 22.2. The van der Waals surface area contributed by atoms with Crippen LogP contribution in [0.5, 0.6) is 0 Å². The minimum absolute atomic E-state index is 0.312. The van der Waals surface area contributed by atoms with Gasteiger partial charge >= 0.3 is 16.8 Å². The number of carbonyl (C=O) groups is 3. The molecule has 0 fully saturated rings.